The van der Waals surface area contributed by atoms with Crippen LogP contribution < -0.4 is 16.0 Å². The summed E-state index contributed by atoms with van der Waals surface area (Å²) >= 11 is 0. The molecule has 0 spiro atoms. The third-order valence-corrected chi connectivity index (χ3v) is 39.3. The summed E-state index contributed by atoms with van der Waals surface area (Å²) in [4.78, 5) is 44.5. The van der Waals surface area contributed by atoms with Crippen LogP contribution >= 0.6 is 21.8 Å². The molecule has 0 heterocycles. The van der Waals surface area contributed by atoms with Gasteiger partial charge in [-0.05, 0) is 0 Å². The van der Waals surface area contributed by atoms with Crippen molar-refractivity contribution < 1.29 is 14.4 Å². The molecule has 0 aromatic rings. The minimum atomic E-state index is -1.78. The Kier molecular flexibility index (Phi) is 28.5. The maximum atomic E-state index is 14.3. The third kappa shape index (κ3) is 15.9. The van der Waals surface area contributed by atoms with Gasteiger partial charge in [0.2, 0.25) is 0 Å². The SMILES string of the molecule is CCC[PH](CCC)(CCC)C(C)CC(=O)NCCN(CCNC(=O)C(C)(C)C(C)(C)[PH](CCC)(CCC)CCC)CCNC(=O)C(C)(C)C(C)(C)[PH](CCC)(CCC)CCC. The average Bonchev–Trinajstić information content (AvgIpc) is 3.17. The van der Waals surface area contributed by atoms with Crippen molar-refractivity contribution in [2.24, 2.45) is 10.8 Å². The predicted octanol–water partition coefficient (Wildman–Crippen LogP) is 12.0. The zero-order valence-corrected chi connectivity index (χ0v) is 47.4. The van der Waals surface area contributed by atoms with Gasteiger partial charge in [0.05, 0.1) is 0 Å². The molecule has 0 bridgehead atoms. The van der Waals surface area contributed by atoms with Crippen LogP contribution in [0.3, 0.4) is 0 Å². The van der Waals surface area contributed by atoms with E-state index in [0.717, 1.165) is 0 Å². The molecule has 0 aromatic heterocycles. The summed E-state index contributed by atoms with van der Waals surface area (Å²) in [5.74, 6) is 0.463. The maximum absolute atomic E-state index is 14.3. The normalized spacial score (nSPS) is 14.8. The van der Waals surface area contributed by atoms with Crippen molar-refractivity contribution in [1.29, 1.82) is 0 Å². The molecule has 0 aliphatic carbocycles. The zero-order valence-electron chi connectivity index (χ0n) is 44.4. The van der Waals surface area contributed by atoms with E-state index in [-0.39, 0.29) is 28.0 Å². The third-order valence-electron chi connectivity index (χ3n) is 17.2. The second-order valence-corrected chi connectivity index (χ2v) is 37.8. The van der Waals surface area contributed by atoms with E-state index in [9.17, 15) is 14.4 Å². The van der Waals surface area contributed by atoms with Crippen molar-refractivity contribution in [2.75, 3.05) is 94.7 Å². The molecule has 3 amide bonds. The van der Waals surface area contributed by atoms with E-state index >= 15 is 0 Å². The van der Waals surface area contributed by atoms with Crippen LogP contribution in [0.4, 0.5) is 0 Å². The fourth-order valence-electron chi connectivity index (χ4n) is 12.4. The second kappa shape index (κ2) is 28.6. The molecular weight excluding hydrogens is 810 g/mol. The molecule has 0 rings (SSSR count). The summed E-state index contributed by atoms with van der Waals surface area (Å²) in [5.41, 5.74) is -0.534. The number of hydrogen-bond acceptors (Lipinski definition) is 4. The van der Waals surface area contributed by atoms with Gasteiger partial charge in [-0.25, -0.2) is 0 Å². The minimum absolute atomic E-state index is 0.0598. The molecule has 61 heavy (non-hydrogen) atoms. The summed E-state index contributed by atoms with van der Waals surface area (Å²) in [6, 6.07) is 0. The molecule has 1 unspecified atom stereocenters. The Balaban J connectivity index is 6.29. The van der Waals surface area contributed by atoms with E-state index in [0.29, 0.717) is 51.3 Å². The van der Waals surface area contributed by atoms with Gasteiger partial charge in [-0.1, -0.05) is 0 Å². The van der Waals surface area contributed by atoms with Gasteiger partial charge in [0.1, 0.15) is 0 Å². The molecule has 0 saturated carbocycles. The molecule has 1 atom stereocenters. The van der Waals surface area contributed by atoms with E-state index < -0.39 is 32.6 Å². The topological polar surface area (TPSA) is 90.5 Å². The Morgan fingerprint density at radius 1 is 0.443 bits per heavy atom. The van der Waals surface area contributed by atoms with Crippen LogP contribution in [0.5, 0.6) is 0 Å². The first-order valence-corrected chi connectivity index (χ1v) is 34.0. The summed E-state index contributed by atoms with van der Waals surface area (Å²) in [5, 5.41) is 10.0. The molecular formula is C51H111N4O3P3. The quantitative estimate of drug-likeness (QED) is 0.0546. The van der Waals surface area contributed by atoms with E-state index in [1.807, 2.05) is 0 Å². The van der Waals surface area contributed by atoms with E-state index in [1.165, 1.54) is 113 Å². The first-order chi connectivity index (χ1) is 28.5. The standard InChI is InChI=1S/C51H111N4O3P3/c1-19-34-59(35-20-2,36-21-3)44(10)43-45(56)52-28-31-55(32-29-53-46(57)48(11,12)50(15,16)60(37-22-4,38-23-5)39-24-6)33-30-54-47(58)49(13,14)51(17,18)61(40-25-7,41-26-8)42-27-9/h44,59-61H,19-43H2,1-18H3,(H,52,56)(H,53,57)(H,54,58). The van der Waals surface area contributed by atoms with Crippen LogP contribution in [0.15, 0.2) is 0 Å². The van der Waals surface area contributed by atoms with Gasteiger partial charge in [-0.3, -0.25) is 0 Å². The molecule has 0 radical (unpaired) electrons. The number of carbonyl (C=O) groups excluding carboxylic acids is 3. The number of rotatable bonds is 36. The van der Waals surface area contributed by atoms with Gasteiger partial charge in [0, 0.05) is 0 Å². The van der Waals surface area contributed by atoms with Crippen LogP contribution in [0.1, 0.15) is 189 Å². The average molecular weight is 921 g/mol. The van der Waals surface area contributed by atoms with Crippen LogP contribution in [0, 0.1) is 10.8 Å². The van der Waals surface area contributed by atoms with Crippen molar-refractivity contribution in [3.05, 3.63) is 0 Å². The number of nitrogens with one attached hydrogen (secondary N) is 3. The van der Waals surface area contributed by atoms with Gasteiger partial charge in [0.15, 0.2) is 0 Å². The monoisotopic (exact) mass is 921 g/mol. The number of amides is 3. The van der Waals surface area contributed by atoms with Gasteiger partial charge in [-0.15, -0.1) is 0 Å². The molecule has 3 N–H and O–H groups in total. The van der Waals surface area contributed by atoms with Gasteiger partial charge in [-0.2, -0.15) is 0 Å². The molecule has 10 heteroatoms. The summed E-state index contributed by atoms with van der Waals surface area (Å²) in [6.45, 7) is 45.2. The second-order valence-electron chi connectivity index (χ2n) is 22.0. The van der Waals surface area contributed by atoms with Crippen LogP contribution in [0.25, 0.3) is 0 Å². The van der Waals surface area contributed by atoms with E-state index in [1.54, 1.807) is 0 Å². The Hall–Kier alpha value is -0.340. The van der Waals surface area contributed by atoms with Gasteiger partial charge < -0.3 is 0 Å². The molecule has 0 saturated heterocycles. The first kappa shape index (κ1) is 60.7. The summed E-state index contributed by atoms with van der Waals surface area (Å²) in [6.07, 6.45) is 22.9. The molecule has 0 aliphatic rings. The Morgan fingerprint density at radius 2 is 0.705 bits per heavy atom. The van der Waals surface area contributed by atoms with E-state index in [4.69, 9.17) is 0 Å². The van der Waals surface area contributed by atoms with Crippen molar-refractivity contribution in [1.82, 2.24) is 20.9 Å². The van der Waals surface area contributed by atoms with Crippen LogP contribution in [0.2, 0.25) is 0 Å². The summed E-state index contributed by atoms with van der Waals surface area (Å²) in [7, 11) is -5.10. The molecule has 0 fully saturated rings. The van der Waals surface area contributed by atoms with E-state index in [2.05, 4.69) is 145 Å². The fraction of sp³-hybridized carbons (Fsp3) is 0.941. The van der Waals surface area contributed by atoms with Gasteiger partial charge in [0.25, 0.3) is 0 Å². The molecule has 7 nitrogen and oxygen atoms in total. The van der Waals surface area contributed by atoms with Crippen molar-refractivity contribution in [2.45, 2.75) is 205 Å². The fourth-order valence-corrected chi connectivity index (χ4v) is 32.1. The van der Waals surface area contributed by atoms with Crippen molar-refractivity contribution in [3.8, 4) is 0 Å². The Morgan fingerprint density at radius 3 is 0.967 bits per heavy atom. The Labute approximate surface area is 383 Å². The van der Waals surface area contributed by atoms with Crippen molar-refractivity contribution in [3.63, 3.8) is 0 Å². The summed E-state index contributed by atoms with van der Waals surface area (Å²) < 4.78 is 0. The van der Waals surface area contributed by atoms with Gasteiger partial charge >= 0.3 is 385 Å². The zero-order chi connectivity index (χ0) is 47.2. The number of carbonyl (C=O) groups is 3. The molecule has 0 aromatic carbocycles. The van der Waals surface area contributed by atoms with Crippen LogP contribution in [-0.4, -0.2) is 133 Å². The Bertz CT molecular complexity index is 1130. The molecule has 368 valence electrons. The number of nitrogens with zero attached hydrogens (tertiary/aromatic N) is 1. The number of hydrogen-bond donors (Lipinski definition) is 3. The first-order valence-electron chi connectivity index (χ1n) is 26.0. The van der Waals surface area contributed by atoms with Crippen molar-refractivity contribution >= 4 is 39.5 Å². The van der Waals surface area contributed by atoms with Crippen LogP contribution in [-0.2, 0) is 14.4 Å². The predicted molar refractivity (Wildman–Crippen MR) is 287 cm³/mol. The molecule has 0 aliphatic heterocycles.